The van der Waals surface area contributed by atoms with E-state index in [0.29, 0.717) is 17.7 Å². The number of hydrogen-bond donors (Lipinski definition) is 1. The van der Waals surface area contributed by atoms with Gasteiger partial charge in [0.25, 0.3) is 0 Å². The van der Waals surface area contributed by atoms with Crippen molar-refractivity contribution in [1.82, 2.24) is 5.16 Å². The summed E-state index contributed by atoms with van der Waals surface area (Å²) in [6, 6.07) is 6.38. The van der Waals surface area contributed by atoms with Gasteiger partial charge in [-0.05, 0) is 42.9 Å². The Hall–Kier alpha value is -1.77. The zero-order valence-corrected chi connectivity index (χ0v) is 11.0. The third kappa shape index (κ3) is 1.70. The molecular weight excluding hydrogens is 224 g/mol. The van der Waals surface area contributed by atoms with Crippen molar-refractivity contribution in [1.29, 1.82) is 0 Å². The number of aryl methyl sites for hydroxylation is 2. The molecule has 18 heavy (non-hydrogen) atoms. The molecule has 1 aliphatic carbocycles. The van der Waals surface area contributed by atoms with E-state index < -0.39 is 0 Å². The number of nitrogen functional groups attached to an aromatic ring is 1. The van der Waals surface area contributed by atoms with Gasteiger partial charge in [0.1, 0.15) is 0 Å². The van der Waals surface area contributed by atoms with Crippen LogP contribution in [-0.2, 0) is 0 Å². The minimum absolute atomic E-state index is 0.437. The van der Waals surface area contributed by atoms with Gasteiger partial charge in [-0.3, -0.25) is 0 Å². The maximum absolute atomic E-state index is 5.94. The predicted molar refractivity (Wildman–Crippen MR) is 72.3 cm³/mol. The molecule has 3 rings (SSSR count). The topological polar surface area (TPSA) is 52.0 Å². The van der Waals surface area contributed by atoms with Crippen molar-refractivity contribution >= 4 is 5.88 Å². The fraction of sp³-hybridized carbons (Fsp3) is 0.400. The second kappa shape index (κ2) is 3.87. The monoisotopic (exact) mass is 242 g/mol. The summed E-state index contributed by atoms with van der Waals surface area (Å²) in [5, 5.41) is 4.16. The zero-order valence-electron chi connectivity index (χ0n) is 11.0. The summed E-state index contributed by atoms with van der Waals surface area (Å²) in [7, 11) is 0. The molecule has 94 valence electrons. The smallest absolute Gasteiger partial charge is 0.230 e. The van der Waals surface area contributed by atoms with E-state index in [-0.39, 0.29) is 0 Å². The molecule has 0 spiro atoms. The highest BCUT2D eigenvalue weighted by molar-refractivity contribution is 5.76. The lowest BCUT2D eigenvalue weighted by molar-refractivity contribution is 0.427. The molecule has 0 saturated heterocycles. The van der Waals surface area contributed by atoms with E-state index in [2.05, 4.69) is 44.1 Å². The Morgan fingerprint density at radius 2 is 2.00 bits per heavy atom. The van der Waals surface area contributed by atoms with Crippen LogP contribution in [0.25, 0.3) is 11.1 Å². The van der Waals surface area contributed by atoms with Crippen LogP contribution in [0.4, 0.5) is 5.88 Å². The summed E-state index contributed by atoms with van der Waals surface area (Å²) in [5.74, 6) is 1.65. The molecule has 2 aromatic rings. The Labute approximate surface area is 107 Å². The first-order chi connectivity index (χ1) is 8.58. The number of aromatic nitrogens is 1. The summed E-state index contributed by atoms with van der Waals surface area (Å²) < 4.78 is 5.20. The van der Waals surface area contributed by atoms with E-state index in [0.717, 1.165) is 16.8 Å². The Balaban J connectivity index is 2.10. The summed E-state index contributed by atoms with van der Waals surface area (Å²) >= 11 is 0. The standard InChI is InChI=1S/C15H18N2O/c1-8-4-5-11(6-9(8)2)13-14(12-7-10(12)3)17-18-15(13)16/h4-6,10,12H,7,16H2,1-3H3. The van der Waals surface area contributed by atoms with Crippen molar-refractivity contribution in [2.24, 2.45) is 5.92 Å². The average Bonchev–Trinajstić information content (AvgIpc) is 2.92. The fourth-order valence-electron chi connectivity index (χ4n) is 2.46. The van der Waals surface area contributed by atoms with Crippen molar-refractivity contribution < 1.29 is 4.52 Å². The van der Waals surface area contributed by atoms with Gasteiger partial charge < -0.3 is 10.3 Å². The molecule has 1 fully saturated rings. The summed E-state index contributed by atoms with van der Waals surface area (Å²) in [6.45, 7) is 6.46. The third-order valence-corrected chi connectivity index (χ3v) is 4.00. The molecule has 0 bridgehead atoms. The molecule has 0 aliphatic heterocycles. The van der Waals surface area contributed by atoms with Gasteiger partial charge in [0.05, 0.1) is 11.3 Å². The predicted octanol–water partition coefficient (Wildman–Crippen LogP) is 3.66. The maximum atomic E-state index is 5.94. The van der Waals surface area contributed by atoms with Crippen LogP contribution in [0, 0.1) is 19.8 Å². The van der Waals surface area contributed by atoms with E-state index in [1.807, 2.05) is 0 Å². The van der Waals surface area contributed by atoms with Gasteiger partial charge in [0, 0.05) is 5.92 Å². The molecule has 1 aliphatic rings. The molecule has 2 N–H and O–H groups in total. The van der Waals surface area contributed by atoms with Crippen LogP contribution in [0.2, 0.25) is 0 Å². The van der Waals surface area contributed by atoms with Crippen molar-refractivity contribution in [2.45, 2.75) is 33.1 Å². The first kappa shape index (κ1) is 11.3. The Morgan fingerprint density at radius 1 is 1.28 bits per heavy atom. The van der Waals surface area contributed by atoms with Gasteiger partial charge in [-0.25, -0.2) is 0 Å². The number of nitrogens with zero attached hydrogens (tertiary/aromatic N) is 1. The molecule has 0 amide bonds. The van der Waals surface area contributed by atoms with E-state index in [1.165, 1.54) is 17.5 Å². The van der Waals surface area contributed by atoms with Gasteiger partial charge in [0.15, 0.2) is 0 Å². The molecule has 3 heteroatoms. The molecule has 2 unspecified atom stereocenters. The summed E-state index contributed by atoms with van der Waals surface area (Å²) in [5.41, 5.74) is 11.6. The third-order valence-electron chi connectivity index (χ3n) is 4.00. The number of hydrogen-bond acceptors (Lipinski definition) is 3. The van der Waals surface area contributed by atoms with E-state index >= 15 is 0 Å². The van der Waals surface area contributed by atoms with E-state index in [1.54, 1.807) is 0 Å². The molecule has 1 aromatic heterocycles. The molecule has 0 radical (unpaired) electrons. The van der Waals surface area contributed by atoms with Crippen LogP contribution < -0.4 is 5.73 Å². The molecular formula is C15H18N2O. The highest BCUT2D eigenvalue weighted by Gasteiger charge is 2.39. The Kier molecular flexibility index (Phi) is 2.44. The molecule has 3 nitrogen and oxygen atoms in total. The minimum atomic E-state index is 0.437. The highest BCUT2D eigenvalue weighted by Crippen LogP contribution is 2.50. The number of benzene rings is 1. The summed E-state index contributed by atoms with van der Waals surface area (Å²) in [6.07, 6.45) is 1.18. The molecule has 2 atom stereocenters. The molecule has 1 aromatic carbocycles. The van der Waals surface area contributed by atoms with Gasteiger partial charge >= 0.3 is 0 Å². The largest absolute Gasteiger partial charge is 0.367 e. The fourth-order valence-corrected chi connectivity index (χ4v) is 2.46. The maximum Gasteiger partial charge on any atom is 0.230 e. The van der Waals surface area contributed by atoms with E-state index in [4.69, 9.17) is 10.3 Å². The first-order valence-corrected chi connectivity index (χ1v) is 6.40. The van der Waals surface area contributed by atoms with Crippen LogP contribution in [0.1, 0.15) is 36.1 Å². The van der Waals surface area contributed by atoms with Crippen molar-refractivity contribution in [3.05, 3.63) is 35.0 Å². The van der Waals surface area contributed by atoms with Crippen LogP contribution >= 0.6 is 0 Å². The lowest BCUT2D eigenvalue weighted by Crippen LogP contribution is -1.91. The van der Waals surface area contributed by atoms with Gasteiger partial charge in [-0.1, -0.05) is 30.3 Å². The van der Waals surface area contributed by atoms with Gasteiger partial charge in [-0.2, -0.15) is 0 Å². The van der Waals surface area contributed by atoms with Crippen LogP contribution in [-0.4, -0.2) is 5.16 Å². The average molecular weight is 242 g/mol. The lowest BCUT2D eigenvalue weighted by Gasteiger charge is -2.05. The number of nitrogens with two attached hydrogens (primary N) is 1. The van der Waals surface area contributed by atoms with Crippen LogP contribution in [0.5, 0.6) is 0 Å². The Morgan fingerprint density at radius 3 is 2.61 bits per heavy atom. The molecule has 1 heterocycles. The highest BCUT2D eigenvalue weighted by atomic mass is 16.5. The first-order valence-electron chi connectivity index (χ1n) is 6.40. The number of rotatable bonds is 2. The zero-order chi connectivity index (χ0) is 12.9. The number of anilines is 1. The minimum Gasteiger partial charge on any atom is -0.367 e. The van der Waals surface area contributed by atoms with Crippen molar-refractivity contribution in [3.63, 3.8) is 0 Å². The SMILES string of the molecule is Cc1ccc(-c2c(C3CC3C)noc2N)cc1C. The Bertz CT molecular complexity index is 601. The molecule has 1 saturated carbocycles. The van der Waals surface area contributed by atoms with Gasteiger partial charge in [0.2, 0.25) is 5.88 Å². The normalized spacial score (nSPS) is 22.2. The lowest BCUT2D eigenvalue weighted by atomic mass is 9.98. The van der Waals surface area contributed by atoms with Crippen LogP contribution in [0.15, 0.2) is 22.7 Å². The second-order valence-corrected chi connectivity index (χ2v) is 5.43. The van der Waals surface area contributed by atoms with Gasteiger partial charge in [-0.15, -0.1) is 0 Å². The summed E-state index contributed by atoms with van der Waals surface area (Å²) in [4.78, 5) is 0. The quantitative estimate of drug-likeness (QED) is 0.874. The second-order valence-electron chi connectivity index (χ2n) is 5.43. The van der Waals surface area contributed by atoms with Crippen molar-refractivity contribution in [2.75, 3.05) is 5.73 Å². The van der Waals surface area contributed by atoms with Crippen molar-refractivity contribution in [3.8, 4) is 11.1 Å². The van der Waals surface area contributed by atoms with E-state index in [9.17, 15) is 0 Å². The van der Waals surface area contributed by atoms with Crippen LogP contribution in [0.3, 0.4) is 0 Å².